The highest BCUT2D eigenvalue weighted by molar-refractivity contribution is 5.63. The number of hydrogen-bond acceptors (Lipinski definition) is 5. The van der Waals surface area contributed by atoms with Crippen LogP contribution in [0.1, 0.15) is 11.1 Å². The summed E-state index contributed by atoms with van der Waals surface area (Å²) in [5.74, 6) is -0.146. The fourth-order valence-corrected chi connectivity index (χ4v) is 1.42. The number of rotatable bonds is 1. The predicted molar refractivity (Wildman–Crippen MR) is 59.9 cm³/mol. The van der Waals surface area contributed by atoms with Gasteiger partial charge in [0.2, 0.25) is 0 Å². The van der Waals surface area contributed by atoms with Crippen LogP contribution in [0.15, 0.2) is 18.3 Å². The molecule has 2 rings (SSSR count). The first kappa shape index (κ1) is 12.7. The second kappa shape index (κ2) is 4.16. The van der Waals surface area contributed by atoms with E-state index in [1.165, 1.54) is 0 Å². The summed E-state index contributed by atoms with van der Waals surface area (Å²) in [5.41, 5.74) is 10.1. The fraction of sp³-hybridized carbons (Fsp3) is 0.100. The van der Waals surface area contributed by atoms with Crippen molar-refractivity contribution in [2.24, 2.45) is 0 Å². The standard InChI is InChI=1S/C10H7F3N6/c11-10(12,13)5-1-2-7(17-4-5)19-9(16)6(3-14)8(15)18-19/h1-2,4H,16H2,(H2,15,18). The lowest BCUT2D eigenvalue weighted by Gasteiger charge is -2.07. The molecule has 0 unspecified atom stereocenters. The van der Waals surface area contributed by atoms with Gasteiger partial charge in [-0.25, -0.2) is 4.98 Å². The molecular weight excluding hydrogens is 261 g/mol. The summed E-state index contributed by atoms with van der Waals surface area (Å²) < 4.78 is 38.1. The lowest BCUT2D eigenvalue weighted by molar-refractivity contribution is -0.137. The molecule has 9 heteroatoms. The number of hydrogen-bond donors (Lipinski definition) is 2. The van der Waals surface area contributed by atoms with E-state index in [9.17, 15) is 13.2 Å². The highest BCUT2D eigenvalue weighted by Crippen LogP contribution is 2.29. The van der Waals surface area contributed by atoms with E-state index < -0.39 is 11.7 Å². The van der Waals surface area contributed by atoms with Gasteiger partial charge in [0.1, 0.15) is 17.5 Å². The van der Waals surface area contributed by atoms with Crippen molar-refractivity contribution in [3.05, 3.63) is 29.5 Å². The molecule has 0 aromatic carbocycles. The third kappa shape index (κ3) is 2.15. The molecule has 0 aliphatic rings. The smallest absolute Gasteiger partial charge is 0.382 e. The van der Waals surface area contributed by atoms with Crippen LogP contribution in [0.2, 0.25) is 0 Å². The first-order valence-electron chi connectivity index (χ1n) is 4.92. The lowest BCUT2D eigenvalue weighted by Crippen LogP contribution is -2.08. The van der Waals surface area contributed by atoms with Crippen LogP contribution >= 0.6 is 0 Å². The Balaban J connectivity index is 2.47. The number of nitrogens with zero attached hydrogens (tertiary/aromatic N) is 4. The van der Waals surface area contributed by atoms with Gasteiger partial charge in [0.15, 0.2) is 11.6 Å². The van der Waals surface area contributed by atoms with Crippen molar-refractivity contribution in [3.8, 4) is 11.9 Å². The van der Waals surface area contributed by atoms with Crippen molar-refractivity contribution in [2.45, 2.75) is 6.18 Å². The van der Waals surface area contributed by atoms with Gasteiger partial charge < -0.3 is 11.5 Å². The number of aromatic nitrogens is 3. The quantitative estimate of drug-likeness (QED) is 0.811. The van der Waals surface area contributed by atoms with Crippen molar-refractivity contribution >= 4 is 11.6 Å². The average molecular weight is 268 g/mol. The molecule has 2 aromatic rings. The van der Waals surface area contributed by atoms with Crippen LogP contribution < -0.4 is 11.5 Å². The molecule has 0 spiro atoms. The summed E-state index contributed by atoms with van der Waals surface area (Å²) in [6, 6.07) is 3.68. The zero-order chi connectivity index (χ0) is 14.2. The van der Waals surface area contributed by atoms with Crippen LogP contribution in [-0.4, -0.2) is 14.8 Å². The van der Waals surface area contributed by atoms with Crippen LogP contribution in [-0.2, 0) is 6.18 Å². The van der Waals surface area contributed by atoms with Gasteiger partial charge in [-0.3, -0.25) is 0 Å². The second-order valence-corrected chi connectivity index (χ2v) is 3.57. The zero-order valence-corrected chi connectivity index (χ0v) is 9.31. The highest BCUT2D eigenvalue weighted by Gasteiger charge is 2.30. The number of alkyl halides is 3. The molecule has 2 heterocycles. The molecule has 0 saturated carbocycles. The van der Waals surface area contributed by atoms with E-state index >= 15 is 0 Å². The van der Waals surface area contributed by atoms with E-state index in [2.05, 4.69) is 10.1 Å². The van der Waals surface area contributed by atoms with Crippen molar-refractivity contribution in [1.29, 1.82) is 5.26 Å². The van der Waals surface area contributed by atoms with Gasteiger partial charge in [-0.15, -0.1) is 5.10 Å². The molecule has 98 valence electrons. The van der Waals surface area contributed by atoms with Gasteiger partial charge in [0.25, 0.3) is 0 Å². The second-order valence-electron chi connectivity index (χ2n) is 3.57. The maximum Gasteiger partial charge on any atom is 0.417 e. The third-order valence-corrected chi connectivity index (χ3v) is 2.35. The molecule has 19 heavy (non-hydrogen) atoms. The Labute approximate surface area is 105 Å². The van der Waals surface area contributed by atoms with Gasteiger partial charge in [-0.1, -0.05) is 0 Å². The predicted octanol–water partition coefficient (Wildman–Crippen LogP) is 1.32. The Morgan fingerprint density at radius 1 is 1.26 bits per heavy atom. The molecule has 0 saturated heterocycles. The lowest BCUT2D eigenvalue weighted by atomic mass is 10.3. The minimum absolute atomic E-state index is 0.0401. The topological polar surface area (TPSA) is 107 Å². The molecular formula is C10H7F3N6. The number of nitrogen functional groups attached to an aromatic ring is 2. The molecule has 4 N–H and O–H groups in total. The van der Waals surface area contributed by atoms with Crippen molar-refractivity contribution in [3.63, 3.8) is 0 Å². The summed E-state index contributed by atoms with van der Waals surface area (Å²) in [6.07, 6.45) is -3.82. The molecule has 0 radical (unpaired) electrons. The van der Waals surface area contributed by atoms with Gasteiger partial charge in [0.05, 0.1) is 5.56 Å². The van der Waals surface area contributed by atoms with Crippen molar-refractivity contribution < 1.29 is 13.2 Å². The number of pyridine rings is 1. The Morgan fingerprint density at radius 2 is 1.95 bits per heavy atom. The molecule has 2 aromatic heterocycles. The molecule has 0 aliphatic heterocycles. The Morgan fingerprint density at radius 3 is 2.37 bits per heavy atom. The molecule has 6 nitrogen and oxygen atoms in total. The highest BCUT2D eigenvalue weighted by atomic mass is 19.4. The average Bonchev–Trinajstić information content (AvgIpc) is 2.63. The van der Waals surface area contributed by atoms with Gasteiger partial charge >= 0.3 is 6.18 Å². The van der Waals surface area contributed by atoms with E-state index in [1.807, 2.05) is 0 Å². The minimum atomic E-state index is -4.47. The molecule has 0 amide bonds. The first-order chi connectivity index (χ1) is 8.84. The monoisotopic (exact) mass is 268 g/mol. The summed E-state index contributed by atoms with van der Waals surface area (Å²) in [6.45, 7) is 0. The van der Waals surface area contributed by atoms with Gasteiger partial charge in [-0.05, 0) is 12.1 Å². The molecule has 0 atom stereocenters. The zero-order valence-electron chi connectivity index (χ0n) is 9.31. The minimum Gasteiger partial charge on any atom is -0.382 e. The maximum absolute atomic E-state index is 12.4. The van der Waals surface area contributed by atoms with Crippen LogP contribution in [0, 0.1) is 11.3 Å². The normalized spacial score (nSPS) is 11.3. The van der Waals surface area contributed by atoms with Crippen LogP contribution in [0.5, 0.6) is 0 Å². The molecule has 0 fully saturated rings. The number of nitriles is 1. The molecule has 0 aliphatic carbocycles. The van der Waals surface area contributed by atoms with Crippen LogP contribution in [0.4, 0.5) is 24.8 Å². The van der Waals surface area contributed by atoms with E-state index in [0.717, 1.165) is 16.8 Å². The summed E-state index contributed by atoms with van der Waals surface area (Å²) in [4.78, 5) is 3.60. The van der Waals surface area contributed by atoms with E-state index in [-0.39, 0.29) is 23.0 Å². The van der Waals surface area contributed by atoms with E-state index in [1.54, 1.807) is 6.07 Å². The Kier molecular flexibility index (Phi) is 2.78. The van der Waals surface area contributed by atoms with Gasteiger partial charge in [-0.2, -0.15) is 23.1 Å². The summed E-state index contributed by atoms with van der Waals surface area (Å²) >= 11 is 0. The fourth-order valence-electron chi connectivity index (χ4n) is 1.42. The first-order valence-corrected chi connectivity index (χ1v) is 4.92. The summed E-state index contributed by atoms with van der Waals surface area (Å²) in [5, 5.41) is 12.5. The summed E-state index contributed by atoms with van der Waals surface area (Å²) in [7, 11) is 0. The third-order valence-electron chi connectivity index (χ3n) is 2.35. The van der Waals surface area contributed by atoms with Crippen LogP contribution in [0.25, 0.3) is 5.82 Å². The van der Waals surface area contributed by atoms with Gasteiger partial charge in [0, 0.05) is 6.20 Å². The van der Waals surface area contributed by atoms with E-state index in [4.69, 9.17) is 16.7 Å². The largest absolute Gasteiger partial charge is 0.417 e. The van der Waals surface area contributed by atoms with Crippen LogP contribution in [0.3, 0.4) is 0 Å². The van der Waals surface area contributed by atoms with E-state index in [0.29, 0.717) is 6.20 Å². The number of nitrogens with two attached hydrogens (primary N) is 2. The van der Waals surface area contributed by atoms with Crippen molar-refractivity contribution in [2.75, 3.05) is 11.5 Å². The number of anilines is 2. The Hall–Kier alpha value is -2.76. The SMILES string of the molecule is N#Cc1c(N)nn(-c2ccc(C(F)(F)F)cn2)c1N. The maximum atomic E-state index is 12.4. The number of halogens is 3. The molecule has 0 bridgehead atoms. The Bertz CT molecular complexity index is 650. The van der Waals surface area contributed by atoms with Crippen molar-refractivity contribution in [1.82, 2.24) is 14.8 Å².